The molecule has 3 aliphatic rings. The molecular weight excluding hydrogens is 474 g/mol. The Morgan fingerprint density at radius 1 is 1.14 bits per heavy atom. The van der Waals surface area contributed by atoms with E-state index in [1.54, 1.807) is 6.92 Å². The van der Waals surface area contributed by atoms with Crippen LogP contribution in [0, 0.1) is 34.5 Å². The molecule has 3 aliphatic carbocycles. The quantitative estimate of drug-likeness (QED) is 0.460. The fourth-order valence-electron chi connectivity index (χ4n) is 6.30. The predicted molar refractivity (Wildman–Crippen MR) is 135 cm³/mol. The van der Waals surface area contributed by atoms with Crippen LogP contribution < -0.4 is 20.1 Å². The van der Waals surface area contributed by atoms with Gasteiger partial charge in [-0.2, -0.15) is 5.26 Å². The van der Waals surface area contributed by atoms with Crippen molar-refractivity contribution in [3.63, 3.8) is 0 Å². The molecule has 1 aromatic carbocycles. The smallest absolute Gasteiger partial charge is 0.309 e. The zero-order valence-electron chi connectivity index (χ0n) is 21.8. The van der Waals surface area contributed by atoms with Gasteiger partial charge in [0.15, 0.2) is 0 Å². The summed E-state index contributed by atoms with van der Waals surface area (Å²) in [5, 5.41) is 25.3. The lowest BCUT2D eigenvalue weighted by Gasteiger charge is -2.34. The minimum Gasteiger partial charge on any atom is -0.496 e. The number of benzene rings is 1. The van der Waals surface area contributed by atoms with Crippen molar-refractivity contribution in [1.29, 1.82) is 5.26 Å². The summed E-state index contributed by atoms with van der Waals surface area (Å²) < 4.78 is 11.6. The number of amides is 2. The molecule has 4 rings (SSSR count). The number of ether oxygens (including phenoxy) is 2. The highest BCUT2D eigenvalue weighted by Gasteiger charge is 2.51. The fourth-order valence-corrected chi connectivity index (χ4v) is 6.30. The molecular formula is C28H37N3O6. The molecule has 0 radical (unpaired) electrons. The number of nitrogens with zero attached hydrogens (tertiary/aromatic N) is 1. The lowest BCUT2D eigenvalue weighted by molar-refractivity contribution is -0.150. The van der Waals surface area contributed by atoms with Gasteiger partial charge in [0, 0.05) is 18.7 Å². The van der Waals surface area contributed by atoms with Crippen LogP contribution in [-0.4, -0.2) is 48.7 Å². The van der Waals surface area contributed by atoms with Crippen LogP contribution in [0.5, 0.6) is 11.5 Å². The highest BCUT2D eigenvalue weighted by Crippen LogP contribution is 2.49. The number of hydrogen-bond acceptors (Lipinski definition) is 6. The number of carboxylic acid groups (broad SMARTS) is 1. The van der Waals surface area contributed by atoms with Crippen molar-refractivity contribution >= 4 is 17.8 Å². The average molecular weight is 512 g/mol. The number of carboxylic acids is 1. The van der Waals surface area contributed by atoms with E-state index in [0.29, 0.717) is 32.2 Å². The number of nitrogens with one attached hydrogen (secondary N) is 2. The molecule has 3 fully saturated rings. The van der Waals surface area contributed by atoms with Gasteiger partial charge < -0.3 is 25.2 Å². The Bertz CT molecular complexity index is 1090. The molecule has 9 nitrogen and oxygen atoms in total. The van der Waals surface area contributed by atoms with Gasteiger partial charge in [-0.25, -0.2) is 0 Å². The SMILES string of the molecule is CCCNC(=O)[C@H]1[C@@H]2CC[C@@H](C2)[C@H]1NC(=O)c1cc(O[C@H]2CC[C@@](C)(C(=O)O)CC2)c(C#N)cc1OC. The minimum atomic E-state index is -0.811. The van der Waals surface area contributed by atoms with E-state index in [0.717, 1.165) is 25.7 Å². The summed E-state index contributed by atoms with van der Waals surface area (Å²) in [7, 11) is 1.44. The van der Waals surface area contributed by atoms with Gasteiger partial charge in [0.25, 0.3) is 5.91 Å². The van der Waals surface area contributed by atoms with Crippen molar-refractivity contribution in [2.45, 2.75) is 77.4 Å². The van der Waals surface area contributed by atoms with E-state index < -0.39 is 11.4 Å². The Morgan fingerprint density at radius 2 is 1.84 bits per heavy atom. The zero-order valence-corrected chi connectivity index (χ0v) is 21.8. The summed E-state index contributed by atoms with van der Waals surface area (Å²) in [5.74, 6) is -0.343. The third-order valence-corrected chi connectivity index (χ3v) is 8.58. The van der Waals surface area contributed by atoms with Crippen LogP contribution in [0.3, 0.4) is 0 Å². The molecule has 0 unspecified atom stereocenters. The van der Waals surface area contributed by atoms with Gasteiger partial charge in [-0.1, -0.05) is 6.92 Å². The van der Waals surface area contributed by atoms with Crippen LogP contribution in [0.25, 0.3) is 0 Å². The first-order valence-electron chi connectivity index (χ1n) is 13.3. The molecule has 0 spiro atoms. The summed E-state index contributed by atoms with van der Waals surface area (Å²) >= 11 is 0. The molecule has 37 heavy (non-hydrogen) atoms. The van der Waals surface area contributed by atoms with Gasteiger partial charge in [-0.05, 0) is 76.2 Å². The van der Waals surface area contributed by atoms with Gasteiger partial charge >= 0.3 is 5.97 Å². The summed E-state index contributed by atoms with van der Waals surface area (Å²) in [6.45, 7) is 4.37. The van der Waals surface area contributed by atoms with E-state index in [2.05, 4.69) is 16.7 Å². The van der Waals surface area contributed by atoms with E-state index in [1.165, 1.54) is 19.2 Å². The first kappa shape index (κ1) is 26.8. The maximum atomic E-state index is 13.5. The summed E-state index contributed by atoms with van der Waals surface area (Å²) in [6.07, 6.45) is 5.57. The molecule has 3 saturated carbocycles. The van der Waals surface area contributed by atoms with Gasteiger partial charge in [-0.15, -0.1) is 0 Å². The van der Waals surface area contributed by atoms with Crippen molar-refractivity contribution in [3.8, 4) is 17.6 Å². The average Bonchev–Trinajstić information content (AvgIpc) is 3.50. The molecule has 2 amide bonds. The zero-order chi connectivity index (χ0) is 26.7. The molecule has 9 heteroatoms. The largest absolute Gasteiger partial charge is 0.496 e. The summed E-state index contributed by atoms with van der Waals surface area (Å²) in [4.78, 5) is 38.0. The minimum absolute atomic E-state index is 0.000764. The number of aliphatic carboxylic acids is 1. The normalized spacial score (nSPS) is 30.3. The lowest BCUT2D eigenvalue weighted by atomic mass is 9.75. The Morgan fingerprint density at radius 3 is 2.46 bits per heavy atom. The first-order valence-corrected chi connectivity index (χ1v) is 13.3. The highest BCUT2D eigenvalue weighted by atomic mass is 16.5. The van der Waals surface area contributed by atoms with E-state index in [1.807, 2.05) is 6.92 Å². The molecule has 1 aromatic rings. The van der Waals surface area contributed by atoms with E-state index in [9.17, 15) is 24.8 Å². The van der Waals surface area contributed by atoms with Gasteiger partial charge in [0.1, 0.15) is 17.6 Å². The second-order valence-corrected chi connectivity index (χ2v) is 11.0. The molecule has 0 aliphatic heterocycles. The van der Waals surface area contributed by atoms with Crippen molar-refractivity contribution < 1.29 is 29.0 Å². The van der Waals surface area contributed by atoms with E-state index in [4.69, 9.17) is 9.47 Å². The molecule has 3 N–H and O–H groups in total. The summed E-state index contributed by atoms with van der Waals surface area (Å²) in [6, 6.07) is 4.90. The molecule has 0 saturated heterocycles. The Hall–Kier alpha value is -3.28. The third kappa shape index (κ3) is 5.39. The molecule has 2 bridgehead atoms. The molecule has 0 aromatic heterocycles. The number of hydrogen-bond donors (Lipinski definition) is 3. The van der Waals surface area contributed by atoms with Crippen molar-refractivity contribution in [2.75, 3.05) is 13.7 Å². The third-order valence-electron chi connectivity index (χ3n) is 8.58. The monoisotopic (exact) mass is 511 g/mol. The van der Waals surface area contributed by atoms with Crippen LogP contribution in [0.2, 0.25) is 0 Å². The Balaban J connectivity index is 1.53. The topological polar surface area (TPSA) is 138 Å². The van der Waals surface area contributed by atoms with E-state index >= 15 is 0 Å². The van der Waals surface area contributed by atoms with Crippen LogP contribution >= 0.6 is 0 Å². The number of nitriles is 1. The van der Waals surface area contributed by atoms with Crippen LogP contribution in [-0.2, 0) is 9.59 Å². The highest BCUT2D eigenvalue weighted by molar-refractivity contribution is 5.98. The van der Waals surface area contributed by atoms with Crippen molar-refractivity contribution in [3.05, 3.63) is 23.3 Å². The maximum Gasteiger partial charge on any atom is 0.309 e. The first-order chi connectivity index (χ1) is 17.7. The fraction of sp³-hybridized carbons (Fsp3) is 0.643. The van der Waals surface area contributed by atoms with Crippen LogP contribution in [0.1, 0.15) is 81.1 Å². The second kappa shape index (κ2) is 11.0. The Kier molecular flexibility index (Phi) is 7.96. The van der Waals surface area contributed by atoms with Gasteiger partial charge in [0.2, 0.25) is 5.91 Å². The number of carbonyl (C=O) groups is 3. The van der Waals surface area contributed by atoms with Crippen molar-refractivity contribution in [1.82, 2.24) is 10.6 Å². The standard InChI is InChI=1S/C28H37N3O6/c1-4-11-30-26(33)23-16-5-6-17(12-16)24(23)31-25(32)20-14-21(18(15-29)13-22(20)36-3)37-19-7-9-28(2,10-8-19)27(34)35/h13-14,16-17,19,23-24H,4-12H2,1-3H3,(H,30,33)(H,31,32)(H,34,35)/t16-,17+,19-,23+,24-,28+/m1/s1. The number of carbonyl (C=O) groups excluding carboxylic acids is 2. The molecule has 200 valence electrons. The number of methoxy groups -OCH3 is 1. The van der Waals surface area contributed by atoms with Gasteiger partial charge in [-0.3, -0.25) is 14.4 Å². The molecule has 4 atom stereocenters. The lowest BCUT2D eigenvalue weighted by Crippen LogP contribution is -2.50. The van der Waals surface area contributed by atoms with Crippen LogP contribution in [0.15, 0.2) is 12.1 Å². The number of rotatable bonds is 9. The predicted octanol–water partition coefficient (Wildman–Crippen LogP) is 3.65. The van der Waals surface area contributed by atoms with E-state index in [-0.39, 0.29) is 64.3 Å². The second-order valence-electron chi connectivity index (χ2n) is 11.0. The Labute approximate surface area is 217 Å². The molecule has 0 heterocycles. The van der Waals surface area contributed by atoms with Gasteiger partial charge in [0.05, 0.1) is 35.7 Å². The summed E-state index contributed by atoms with van der Waals surface area (Å²) in [5.41, 5.74) is -0.279. The van der Waals surface area contributed by atoms with Crippen molar-refractivity contribution in [2.24, 2.45) is 23.2 Å². The maximum absolute atomic E-state index is 13.5. The van der Waals surface area contributed by atoms with Crippen LogP contribution in [0.4, 0.5) is 0 Å². The number of fused-ring (bicyclic) bond motifs is 2.